The van der Waals surface area contributed by atoms with Gasteiger partial charge >= 0.3 is 8.56 Å². The molecule has 0 rings (SSSR count). The van der Waals surface area contributed by atoms with Gasteiger partial charge in [0.25, 0.3) is 11.9 Å². The quantitative estimate of drug-likeness (QED) is 0.636. The van der Waals surface area contributed by atoms with E-state index >= 15 is 0 Å². The van der Waals surface area contributed by atoms with Crippen molar-refractivity contribution < 1.29 is 18.4 Å². The molecule has 5 nitrogen and oxygen atoms in total. The van der Waals surface area contributed by atoms with Crippen LogP contribution in [0.3, 0.4) is 0 Å². The minimum Gasteiger partial charge on any atom is -0.484 e. The molecule has 0 aromatic heterocycles. The van der Waals surface area contributed by atoms with E-state index in [4.69, 9.17) is 8.85 Å². The van der Waals surface area contributed by atoms with Crippen LogP contribution in [0.4, 0.5) is 0 Å². The fourth-order valence-electron chi connectivity index (χ4n) is 1.27. The van der Waals surface area contributed by atoms with Gasteiger partial charge in [-0.05, 0) is 14.1 Å². The maximum atomic E-state index is 10.8. The summed E-state index contributed by atoms with van der Waals surface area (Å²) in [6, 6.07) is 0. The van der Waals surface area contributed by atoms with Gasteiger partial charge in [0, 0.05) is 20.4 Å². The molecule has 0 saturated carbocycles. The third-order valence-electron chi connectivity index (χ3n) is 1.32. The summed E-state index contributed by atoms with van der Waals surface area (Å²) >= 11 is 0. The lowest BCUT2D eigenvalue weighted by atomic mass is 10.9. The standard InChI is InChI=1S/C8H17NO4Si/c1-7(10)12-14(5,6-9(3)4)13-8(2)11/h6H2,1-5H3. The predicted octanol–water partition coefficient (Wildman–Crippen LogP) is 0.285. The summed E-state index contributed by atoms with van der Waals surface area (Å²) in [6.45, 7) is 4.31. The average molecular weight is 219 g/mol. The van der Waals surface area contributed by atoms with Gasteiger partial charge in [-0.3, -0.25) is 9.59 Å². The molecule has 14 heavy (non-hydrogen) atoms. The first-order chi connectivity index (χ1) is 6.25. The minimum atomic E-state index is -2.71. The van der Waals surface area contributed by atoms with Gasteiger partial charge in [-0.1, -0.05) is 0 Å². The van der Waals surface area contributed by atoms with E-state index in [-0.39, 0.29) is 0 Å². The first-order valence-electron chi connectivity index (χ1n) is 4.29. The Morgan fingerprint density at radius 1 is 1.14 bits per heavy atom. The van der Waals surface area contributed by atoms with E-state index in [1.165, 1.54) is 13.8 Å². The second kappa shape index (κ2) is 5.11. The molecule has 0 saturated heterocycles. The highest BCUT2D eigenvalue weighted by Crippen LogP contribution is 2.09. The molecule has 82 valence electrons. The summed E-state index contributed by atoms with van der Waals surface area (Å²) in [4.78, 5) is 23.5. The molecular formula is C8H17NO4Si. The van der Waals surface area contributed by atoms with E-state index in [1.54, 1.807) is 6.55 Å². The third kappa shape index (κ3) is 5.71. The minimum absolute atomic E-state index is 0.415. The van der Waals surface area contributed by atoms with Crippen molar-refractivity contribution >= 4 is 20.5 Å². The third-order valence-corrected chi connectivity index (χ3v) is 3.97. The van der Waals surface area contributed by atoms with Gasteiger partial charge in [-0.15, -0.1) is 0 Å². The monoisotopic (exact) mass is 219 g/mol. The van der Waals surface area contributed by atoms with Gasteiger partial charge in [0.05, 0.1) is 6.17 Å². The van der Waals surface area contributed by atoms with Crippen LogP contribution in [0.1, 0.15) is 13.8 Å². The Labute approximate surface area is 85.2 Å². The molecule has 0 amide bonds. The smallest absolute Gasteiger partial charge is 0.475 e. The molecule has 0 aromatic carbocycles. The van der Waals surface area contributed by atoms with E-state index in [1.807, 2.05) is 19.0 Å². The van der Waals surface area contributed by atoms with Crippen molar-refractivity contribution in [2.24, 2.45) is 0 Å². The van der Waals surface area contributed by atoms with Crippen LogP contribution in [0, 0.1) is 0 Å². The highest BCUT2D eigenvalue weighted by molar-refractivity contribution is 6.69. The maximum Gasteiger partial charge on any atom is 0.475 e. The van der Waals surface area contributed by atoms with Crippen molar-refractivity contribution in [2.75, 3.05) is 20.3 Å². The van der Waals surface area contributed by atoms with Crippen molar-refractivity contribution in [3.63, 3.8) is 0 Å². The number of nitrogens with zero attached hydrogens (tertiary/aromatic N) is 1. The van der Waals surface area contributed by atoms with Crippen molar-refractivity contribution in [1.82, 2.24) is 4.90 Å². The van der Waals surface area contributed by atoms with E-state index in [2.05, 4.69) is 0 Å². The highest BCUT2D eigenvalue weighted by Gasteiger charge is 2.38. The van der Waals surface area contributed by atoms with Gasteiger partial charge in [-0.2, -0.15) is 0 Å². The lowest BCUT2D eigenvalue weighted by molar-refractivity contribution is -0.139. The highest BCUT2D eigenvalue weighted by atomic mass is 28.4. The topological polar surface area (TPSA) is 55.8 Å². The van der Waals surface area contributed by atoms with Crippen molar-refractivity contribution in [1.29, 1.82) is 0 Å². The van der Waals surface area contributed by atoms with Crippen molar-refractivity contribution in [3.05, 3.63) is 0 Å². The molecule has 0 unspecified atom stereocenters. The molecule has 6 heteroatoms. The van der Waals surface area contributed by atoms with Gasteiger partial charge < -0.3 is 13.8 Å². The zero-order valence-electron chi connectivity index (χ0n) is 9.29. The normalized spacial score (nSPS) is 11.3. The second-order valence-electron chi connectivity index (χ2n) is 3.56. The van der Waals surface area contributed by atoms with Crippen LogP contribution in [0.5, 0.6) is 0 Å². The molecule has 0 N–H and O–H groups in total. The summed E-state index contributed by atoms with van der Waals surface area (Å²) in [5, 5.41) is 0. The zero-order chi connectivity index (χ0) is 11.4. The van der Waals surface area contributed by atoms with Crippen LogP contribution >= 0.6 is 0 Å². The SMILES string of the molecule is CC(=O)O[Si](C)(CN(C)C)OC(C)=O. The molecule has 0 aliphatic carbocycles. The van der Waals surface area contributed by atoms with E-state index in [9.17, 15) is 9.59 Å². The lowest BCUT2D eigenvalue weighted by Gasteiger charge is -2.27. The second-order valence-corrected chi connectivity index (χ2v) is 6.55. The molecule has 0 aliphatic heterocycles. The molecular weight excluding hydrogens is 202 g/mol. The van der Waals surface area contributed by atoms with Crippen LogP contribution in [0.2, 0.25) is 6.55 Å². The van der Waals surface area contributed by atoms with Gasteiger partial charge in [0.2, 0.25) is 0 Å². The number of carbonyl (C=O) groups excluding carboxylic acids is 2. The number of hydrogen-bond donors (Lipinski definition) is 0. The average Bonchev–Trinajstić information content (AvgIpc) is 1.76. The fraction of sp³-hybridized carbons (Fsp3) is 0.750. The first-order valence-corrected chi connectivity index (χ1v) is 6.81. The molecule has 0 radical (unpaired) electrons. The Balaban J connectivity index is 4.48. The Bertz CT molecular complexity index is 213. The van der Waals surface area contributed by atoms with Crippen LogP contribution in [0.25, 0.3) is 0 Å². The Morgan fingerprint density at radius 3 is 1.71 bits per heavy atom. The predicted molar refractivity (Wildman–Crippen MR) is 53.7 cm³/mol. The zero-order valence-corrected chi connectivity index (χ0v) is 10.3. The summed E-state index contributed by atoms with van der Waals surface area (Å²) in [7, 11) is 0.951. The fourth-order valence-corrected chi connectivity index (χ4v) is 3.80. The summed E-state index contributed by atoms with van der Waals surface area (Å²) in [5.41, 5.74) is 0. The van der Waals surface area contributed by atoms with Gasteiger partial charge in [0.1, 0.15) is 0 Å². The molecule has 0 fully saturated rings. The summed E-state index contributed by atoms with van der Waals surface area (Å²) in [6.07, 6.45) is 0.464. The molecule has 0 aliphatic rings. The molecule has 0 aromatic rings. The Morgan fingerprint density at radius 2 is 1.50 bits per heavy atom. The molecule has 0 bridgehead atoms. The molecule has 0 heterocycles. The Hall–Kier alpha value is -0.883. The summed E-state index contributed by atoms with van der Waals surface area (Å²) < 4.78 is 10.1. The van der Waals surface area contributed by atoms with E-state index < -0.39 is 20.5 Å². The van der Waals surface area contributed by atoms with Crippen LogP contribution < -0.4 is 0 Å². The van der Waals surface area contributed by atoms with Gasteiger partial charge in [0.15, 0.2) is 0 Å². The first kappa shape index (κ1) is 13.1. The molecule has 0 atom stereocenters. The van der Waals surface area contributed by atoms with Crippen molar-refractivity contribution in [3.8, 4) is 0 Å². The van der Waals surface area contributed by atoms with Gasteiger partial charge in [-0.25, -0.2) is 0 Å². The van der Waals surface area contributed by atoms with E-state index in [0.717, 1.165) is 0 Å². The molecule has 0 spiro atoms. The Kier molecular flexibility index (Phi) is 4.79. The largest absolute Gasteiger partial charge is 0.484 e. The van der Waals surface area contributed by atoms with Crippen LogP contribution in [-0.2, 0) is 18.4 Å². The lowest BCUT2D eigenvalue weighted by Crippen LogP contribution is -2.50. The maximum absolute atomic E-state index is 10.8. The number of hydrogen-bond acceptors (Lipinski definition) is 5. The number of rotatable bonds is 4. The van der Waals surface area contributed by atoms with Crippen molar-refractivity contribution in [2.45, 2.75) is 20.4 Å². The summed E-state index contributed by atoms with van der Waals surface area (Å²) in [5.74, 6) is -0.829. The van der Waals surface area contributed by atoms with Crippen LogP contribution in [-0.4, -0.2) is 45.7 Å². The van der Waals surface area contributed by atoms with Crippen LogP contribution in [0.15, 0.2) is 0 Å². The van der Waals surface area contributed by atoms with E-state index in [0.29, 0.717) is 6.17 Å². The number of carbonyl (C=O) groups is 2.